The number of ether oxygens (including phenoxy) is 2. The zero-order valence-electron chi connectivity index (χ0n) is 13.7. The summed E-state index contributed by atoms with van der Waals surface area (Å²) >= 11 is 0. The third-order valence-electron chi connectivity index (χ3n) is 3.87. The minimum atomic E-state index is -0.116. The monoisotopic (exact) mass is 322 g/mol. The van der Waals surface area contributed by atoms with Crippen molar-refractivity contribution >= 4 is 11.0 Å². The number of hydrogen-bond donors (Lipinski definition) is 0. The van der Waals surface area contributed by atoms with Crippen molar-refractivity contribution in [2.75, 3.05) is 14.2 Å². The van der Waals surface area contributed by atoms with E-state index in [1.165, 1.54) is 7.11 Å². The van der Waals surface area contributed by atoms with Gasteiger partial charge in [-0.2, -0.15) is 0 Å². The van der Waals surface area contributed by atoms with Crippen LogP contribution in [0.3, 0.4) is 0 Å². The van der Waals surface area contributed by atoms with Crippen LogP contribution in [-0.2, 0) is 6.42 Å². The minimum absolute atomic E-state index is 0.116. The summed E-state index contributed by atoms with van der Waals surface area (Å²) in [4.78, 5) is 13.1. The lowest BCUT2D eigenvalue weighted by Crippen LogP contribution is -2.12. The average molecular weight is 322 g/mol. The molecule has 0 saturated carbocycles. The van der Waals surface area contributed by atoms with Crippen molar-refractivity contribution in [1.29, 1.82) is 0 Å². The molecule has 2 aromatic carbocycles. The van der Waals surface area contributed by atoms with Gasteiger partial charge in [-0.15, -0.1) is 6.58 Å². The molecule has 0 spiro atoms. The molecule has 0 amide bonds. The lowest BCUT2D eigenvalue weighted by Gasteiger charge is -2.12. The first-order chi connectivity index (χ1) is 11.7. The van der Waals surface area contributed by atoms with E-state index in [4.69, 9.17) is 13.9 Å². The van der Waals surface area contributed by atoms with Gasteiger partial charge in [0.2, 0.25) is 5.43 Å². The molecule has 3 rings (SSSR count). The smallest absolute Gasteiger partial charge is 0.200 e. The van der Waals surface area contributed by atoms with E-state index in [2.05, 4.69) is 6.58 Å². The minimum Gasteiger partial charge on any atom is -0.496 e. The summed E-state index contributed by atoms with van der Waals surface area (Å²) in [7, 11) is 3.08. The number of fused-ring (bicyclic) bond motifs is 1. The first-order valence-electron chi connectivity index (χ1n) is 7.57. The molecule has 1 heterocycles. The molecule has 0 N–H and O–H groups in total. The van der Waals surface area contributed by atoms with Gasteiger partial charge < -0.3 is 13.9 Å². The van der Waals surface area contributed by atoms with Gasteiger partial charge in [0.15, 0.2) is 0 Å². The van der Waals surface area contributed by atoms with Crippen LogP contribution >= 0.6 is 0 Å². The van der Waals surface area contributed by atoms with Gasteiger partial charge in [-0.3, -0.25) is 4.79 Å². The summed E-state index contributed by atoms with van der Waals surface area (Å²) in [5, 5.41) is 0.412. The number of benzene rings is 2. The predicted octanol–water partition coefficient (Wildman–Crippen LogP) is 4.21. The molecule has 0 aliphatic heterocycles. The molecule has 4 heteroatoms. The van der Waals surface area contributed by atoms with E-state index in [0.29, 0.717) is 40.2 Å². The first-order valence-corrected chi connectivity index (χ1v) is 7.57. The van der Waals surface area contributed by atoms with Gasteiger partial charge in [-0.05, 0) is 6.42 Å². The Morgan fingerprint density at radius 2 is 1.88 bits per heavy atom. The fraction of sp³-hybridized carbons (Fsp3) is 0.150. The van der Waals surface area contributed by atoms with Crippen LogP contribution in [-0.4, -0.2) is 14.2 Å². The van der Waals surface area contributed by atoms with E-state index in [0.717, 1.165) is 5.56 Å². The first kappa shape index (κ1) is 15.9. The maximum atomic E-state index is 13.1. The van der Waals surface area contributed by atoms with Crippen molar-refractivity contribution in [1.82, 2.24) is 0 Å². The van der Waals surface area contributed by atoms with Crippen LogP contribution in [0, 0.1) is 0 Å². The summed E-state index contributed by atoms with van der Waals surface area (Å²) in [6.07, 6.45) is 2.11. The van der Waals surface area contributed by atoms with Crippen molar-refractivity contribution in [3.8, 4) is 22.8 Å². The Morgan fingerprint density at radius 1 is 1.12 bits per heavy atom. The standard InChI is InChI=1S/C20H18O4/c1-4-8-15-19(21)18-16(23-3)11-14(22-2)12-17(18)24-20(15)13-9-6-5-7-10-13/h4-7,9-12H,1,8H2,2-3H3. The lowest BCUT2D eigenvalue weighted by atomic mass is 10.0. The third kappa shape index (κ3) is 2.67. The average Bonchev–Trinajstić information content (AvgIpc) is 2.63. The second-order valence-electron chi connectivity index (χ2n) is 5.30. The molecule has 24 heavy (non-hydrogen) atoms. The number of rotatable bonds is 5. The van der Waals surface area contributed by atoms with Crippen molar-refractivity contribution in [2.45, 2.75) is 6.42 Å². The van der Waals surface area contributed by atoms with Crippen molar-refractivity contribution < 1.29 is 13.9 Å². The number of methoxy groups -OCH3 is 2. The van der Waals surface area contributed by atoms with Crippen LogP contribution in [0.2, 0.25) is 0 Å². The molecule has 0 atom stereocenters. The lowest BCUT2D eigenvalue weighted by molar-refractivity contribution is 0.396. The van der Waals surface area contributed by atoms with Crippen LogP contribution in [0.25, 0.3) is 22.3 Å². The molecule has 122 valence electrons. The zero-order chi connectivity index (χ0) is 17.1. The number of allylic oxidation sites excluding steroid dienone is 1. The van der Waals surface area contributed by atoms with Crippen LogP contribution in [0.5, 0.6) is 11.5 Å². The Bertz CT molecular complexity index is 939. The Hall–Kier alpha value is -3.01. The quantitative estimate of drug-likeness (QED) is 0.660. The largest absolute Gasteiger partial charge is 0.496 e. The van der Waals surface area contributed by atoms with Crippen molar-refractivity contribution in [3.05, 3.63) is 70.9 Å². The van der Waals surface area contributed by atoms with E-state index in [-0.39, 0.29) is 5.43 Å². The predicted molar refractivity (Wildman–Crippen MR) is 94.9 cm³/mol. The fourth-order valence-electron chi connectivity index (χ4n) is 2.73. The zero-order valence-corrected chi connectivity index (χ0v) is 13.7. The van der Waals surface area contributed by atoms with Gasteiger partial charge >= 0.3 is 0 Å². The molecule has 0 saturated heterocycles. The van der Waals surface area contributed by atoms with Gasteiger partial charge in [-0.1, -0.05) is 36.4 Å². The summed E-state index contributed by atoms with van der Waals surface area (Å²) in [6.45, 7) is 3.75. The highest BCUT2D eigenvalue weighted by Gasteiger charge is 2.19. The molecule has 0 bridgehead atoms. The van der Waals surface area contributed by atoms with Gasteiger partial charge in [0.1, 0.15) is 28.2 Å². The maximum Gasteiger partial charge on any atom is 0.200 e. The Labute approximate surface area is 139 Å². The molecular weight excluding hydrogens is 304 g/mol. The SMILES string of the molecule is C=CCc1c(-c2ccccc2)oc2cc(OC)cc(OC)c2c1=O. The molecule has 4 nitrogen and oxygen atoms in total. The Morgan fingerprint density at radius 3 is 2.50 bits per heavy atom. The highest BCUT2D eigenvalue weighted by atomic mass is 16.5. The summed E-state index contributed by atoms with van der Waals surface area (Å²) < 4.78 is 16.7. The van der Waals surface area contributed by atoms with Gasteiger partial charge in [0, 0.05) is 23.3 Å². The van der Waals surface area contributed by atoms with Gasteiger partial charge in [0.05, 0.1) is 14.2 Å². The van der Waals surface area contributed by atoms with E-state index < -0.39 is 0 Å². The van der Waals surface area contributed by atoms with Crippen LogP contribution < -0.4 is 14.9 Å². The second-order valence-corrected chi connectivity index (χ2v) is 5.30. The molecule has 0 aliphatic rings. The molecular formula is C20H18O4. The van der Waals surface area contributed by atoms with Crippen LogP contribution in [0.4, 0.5) is 0 Å². The summed E-state index contributed by atoms with van der Waals surface area (Å²) in [5.74, 6) is 1.55. The molecule has 3 aromatic rings. The molecule has 0 radical (unpaired) electrons. The van der Waals surface area contributed by atoms with Crippen LogP contribution in [0.15, 0.2) is 64.3 Å². The molecule has 0 fully saturated rings. The highest BCUT2D eigenvalue weighted by Crippen LogP contribution is 2.33. The topological polar surface area (TPSA) is 48.7 Å². The number of hydrogen-bond acceptors (Lipinski definition) is 4. The normalized spacial score (nSPS) is 10.6. The maximum absolute atomic E-state index is 13.1. The van der Waals surface area contributed by atoms with Crippen LogP contribution in [0.1, 0.15) is 5.56 Å². The third-order valence-corrected chi connectivity index (χ3v) is 3.87. The Kier molecular flexibility index (Phi) is 4.38. The molecule has 0 aliphatic carbocycles. The molecule has 0 unspecified atom stereocenters. The van der Waals surface area contributed by atoms with E-state index in [9.17, 15) is 4.79 Å². The highest BCUT2D eigenvalue weighted by molar-refractivity contribution is 5.87. The van der Waals surface area contributed by atoms with E-state index in [1.807, 2.05) is 30.3 Å². The second kappa shape index (κ2) is 6.62. The summed E-state index contributed by atoms with van der Waals surface area (Å²) in [5.41, 5.74) is 1.72. The Balaban J connectivity index is 2.42. The van der Waals surface area contributed by atoms with E-state index >= 15 is 0 Å². The summed E-state index contributed by atoms with van der Waals surface area (Å²) in [6, 6.07) is 12.9. The van der Waals surface area contributed by atoms with Gasteiger partial charge in [-0.25, -0.2) is 0 Å². The molecule has 1 aromatic heterocycles. The van der Waals surface area contributed by atoms with E-state index in [1.54, 1.807) is 25.3 Å². The van der Waals surface area contributed by atoms with Crippen molar-refractivity contribution in [3.63, 3.8) is 0 Å². The fourth-order valence-corrected chi connectivity index (χ4v) is 2.73. The van der Waals surface area contributed by atoms with Gasteiger partial charge in [0.25, 0.3) is 0 Å². The van der Waals surface area contributed by atoms with Crippen molar-refractivity contribution in [2.24, 2.45) is 0 Å².